The van der Waals surface area contributed by atoms with E-state index in [-0.39, 0.29) is 11.8 Å². The molecule has 1 saturated heterocycles. The molecule has 1 atom stereocenters. The van der Waals surface area contributed by atoms with Crippen LogP contribution in [0, 0.1) is 12.8 Å². The lowest BCUT2D eigenvalue weighted by atomic mass is 9.82. The summed E-state index contributed by atoms with van der Waals surface area (Å²) in [4.78, 5) is 28.6. The Bertz CT molecular complexity index is 1270. The summed E-state index contributed by atoms with van der Waals surface area (Å²) in [6.45, 7) is 2.54. The second kappa shape index (κ2) is 9.21. The summed E-state index contributed by atoms with van der Waals surface area (Å²) < 4.78 is 10.8. The summed E-state index contributed by atoms with van der Waals surface area (Å²) in [5, 5.41) is 14.2. The predicted molar refractivity (Wildman–Crippen MR) is 133 cm³/mol. The lowest BCUT2D eigenvalue weighted by molar-refractivity contribution is -0.140. The number of halogens is 1. The van der Waals surface area contributed by atoms with Crippen LogP contribution in [0.3, 0.4) is 0 Å². The first kappa shape index (κ1) is 23.7. The number of carbonyl (C=O) groups is 2. The smallest absolute Gasteiger partial charge is 0.311 e. The topological polar surface area (TPSA) is 101 Å². The molecule has 1 aliphatic carbocycles. The molecule has 7 nitrogen and oxygen atoms in total. The minimum Gasteiger partial charge on any atom is -0.495 e. The quantitative estimate of drug-likeness (QED) is 0.420. The van der Waals surface area contributed by atoms with Gasteiger partial charge < -0.3 is 24.9 Å². The summed E-state index contributed by atoms with van der Waals surface area (Å²) in [5.41, 5.74) is 2.97. The molecule has 3 N–H and O–H groups in total. The van der Waals surface area contributed by atoms with E-state index >= 15 is 0 Å². The number of H-pyrrole nitrogens is 1. The highest BCUT2D eigenvalue weighted by Crippen LogP contribution is 2.39. The summed E-state index contributed by atoms with van der Waals surface area (Å²) in [6.07, 6.45) is 4.08. The van der Waals surface area contributed by atoms with E-state index < -0.39 is 17.4 Å². The Balaban J connectivity index is 1.41. The van der Waals surface area contributed by atoms with Crippen LogP contribution in [0.1, 0.15) is 58.8 Å². The number of rotatable bonds is 7. The van der Waals surface area contributed by atoms with Gasteiger partial charge in [0, 0.05) is 10.9 Å². The highest BCUT2D eigenvalue weighted by atomic mass is 35.5. The van der Waals surface area contributed by atoms with Gasteiger partial charge in [-0.05, 0) is 54.5 Å². The Kier molecular flexibility index (Phi) is 6.23. The maximum Gasteiger partial charge on any atom is 0.311 e. The molecule has 1 aromatic heterocycles. The number of carbonyl (C=O) groups excluding carboxylic acids is 1. The van der Waals surface area contributed by atoms with Gasteiger partial charge in [0.05, 0.1) is 31.3 Å². The number of hydrogen-bond donors (Lipinski definition) is 3. The SMILES string of the molecule is COc1ccc2[nH]c(C(=O)NC3(c4ccc([C@@H](C(=O)O)C5CCCC5)cc4)COC3)c(C)c2c1Cl. The second-order valence-corrected chi connectivity index (χ2v) is 10.0. The van der Waals surface area contributed by atoms with E-state index in [0.717, 1.165) is 53.3 Å². The highest BCUT2D eigenvalue weighted by Gasteiger charge is 2.43. The number of amides is 1. The third-order valence-corrected chi connectivity index (χ3v) is 7.95. The van der Waals surface area contributed by atoms with E-state index in [1.807, 2.05) is 37.3 Å². The van der Waals surface area contributed by atoms with Crippen LogP contribution >= 0.6 is 11.6 Å². The summed E-state index contributed by atoms with van der Waals surface area (Å²) in [6, 6.07) is 11.2. The molecular weight excluding hydrogens is 468 g/mol. The average Bonchev–Trinajstić information content (AvgIpc) is 3.45. The van der Waals surface area contributed by atoms with Crippen molar-refractivity contribution < 1.29 is 24.2 Å². The van der Waals surface area contributed by atoms with Crippen molar-refractivity contribution in [3.63, 3.8) is 0 Å². The van der Waals surface area contributed by atoms with Gasteiger partial charge >= 0.3 is 5.97 Å². The summed E-state index contributed by atoms with van der Waals surface area (Å²) in [7, 11) is 1.56. The van der Waals surface area contributed by atoms with Gasteiger partial charge in [0.2, 0.25) is 0 Å². The third kappa shape index (κ3) is 4.06. The van der Waals surface area contributed by atoms with Gasteiger partial charge in [-0.25, -0.2) is 0 Å². The molecule has 0 radical (unpaired) electrons. The molecule has 1 saturated carbocycles. The molecule has 5 rings (SSSR count). The summed E-state index contributed by atoms with van der Waals surface area (Å²) in [5.74, 6) is -0.797. The zero-order valence-corrected chi connectivity index (χ0v) is 20.6. The zero-order valence-electron chi connectivity index (χ0n) is 19.8. The monoisotopic (exact) mass is 496 g/mol. The molecule has 0 spiro atoms. The number of nitrogens with one attached hydrogen (secondary N) is 2. The summed E-state index contributed by atoms with van der Waals surface area (Å²) >= 11 is 6.50. The predicted octanol–water partition coefficient (Wildman–Crippen LogP) is 5.15. The van der Waals surface area contributed by atoms with E-state index in [9.17, 15) is 14.7 Å². The van der Waals surface area contributed by atoms with Gasteiger partial charge in [0.1, 0.15) is 17.0 Å². The van der Waals surface area contributed by atoms with Crippen molar-refractivity contribution in [2.24, 2.45) is 5.92 Å². The fraction of sp³-hybridized carbons (Fsp3) is 0.407. The first-order chi connectivity index (χ1) is 16.8. The maximum atomic E-state index is 13.4. The van der Waals surface area contributed by atoms with Crippen molar-refractivity contribution in [1.82, 2.24) is 10.3 Å². The number of fused-ring (bicyclic) bond motifs is 1. The van der Waals surface area contributed by atoms with Crippen molar-refractivity contribution in [3.05, 3.63) is 63.8 Å². The Morgan fingerprint density at radius 2 is 1.86 bits per heavy atom. The maximum absolute atomic E-state index is 13.4. The van der Waals surface area contributed by atoms with Crippen molar-refractivity contribution in [2.75, 3.05) is 20.3 Å². The van der Waals surface area contributed by atoms with Crippen molar-refractivity contribution >= 4 is 34.4 Å². The Labute approximate surface area is 208 Å². The minimum absolute atomic E-state index is 0.175. The van der Waals surface area contributed by atoms with Crippen LogP contribution in [0.5, 0.6) is 5.75 Å². The molecule has 0 unspecified atom stereocenters. The molecule has 35 heavy (non-hydrogen) atoms. The van der Waals surface area contributed by atoms with Gasteiger partial charge in [-0.15, -0.1) is 0 Å². The molecular formula is C27H29ClN2O5. The number of benzene rings is 2. The number of carboxylic acids is 1. The number of aryl methyl sites for hydroxylation is 1. The molecule has 3 aromatic rings. The molecule has 1 aliphatic heterocycles. The Hall–Kier alpha value is -3.03. The van der Waals surface area contributed by atoms with Gasteiger partial charge in [0.15, 0.2) is 0 Å². The van der Waals surface area contributed by atoms with Crippen LogP contribution in [-0.2, 0) is 15.1 Å². The molecule has 2 aliphatic rings. The third-order valence-electron chi connectivity index (χ3n) is 7.57. The van der Waals surface area contributed by atoms with Gasteiger partial charge in [-0.3, -0.25) is 9.59 Å². The Morgan fingerprint density at radius 3 is 2.43 bits per heavy atom. The lowest BCUT2D eigenvalue weighted by Gasteiger charge is -2.42. The second-order valence-electron chi connectivity index (χ2n) is 9.64. The minimum atomic E-state index is -0.774. The number of aromatic nitrogens is 1. The molecule has 2 heterocycles. The molecule has 2 aromatic carbocycles. The number of aromatic amines is 1. The first-order valence-corrected chi connectivity index (χ1v) is 12.3. The van der Waals surface area contributed by atoms with E-state index in [1.165, 1.54) is 0 Å². The molecule has 8 heteroatoms. The number of ether oxygens (including phenoxy) is 2. The number of hydrogen-bond acceptors (Lipinski definition) is 4. The van der Waals surface area contributed by atoms with Crippen LogP contribution in [0.4, 0.5) is 0 Å². The van der Waals surface area contributed by atoms with E-state index in [2.05, 4.69) is 10.3 Å². The number of aliphatic carboxylic acids is 1. The van der Waals surface area contributed by atoms with Crippen molar-refractivity contribution in [1.29, 1.82) is 0 Å². The lowest BCUT2D eigenvalue weighted by Crippen LogP contribution is -2.59. The van der Waals surface area contributed by atoms with Crippen LogP contribution in [0.15, 0.2) is 36.4 Å². The fourth-order valence-electron chi connectivity index (χ4n) is 5.58. The van der Waals surface area contributed by atoms with Crippen LogP contribution in [0.25, 0.3) is 10.9 Å². The number of carboxylic acid groups (broad SMARTS) is 1. The highest BCUT2D eigenvalue weighted by molar-refractivity contribution is 6.37. The number of methoxy groups -OCH3 is 1. The molecule has 1 amide bonds. The van der Waals surface area contributed by atoms with Gasteiger partial charge in [0.25, 0.3) is 5.91 Å². The first-order valence-electron chi connectivity index (χ1n) is 11.9. The molecule has 0 bridgehead atoms. The Morgan fingerprint density at radius 1 is 1.17 bits per heavy atom. The van der Waals surface area contributed by atoms with Gasteiger partial charge in [-0.1, -0.05) is 48.7 Å². The van der Waals surface area contributed by atoms with Crippen LogP contribution in [-0.4, -0.2) is 42.3 Å². The normalized spacial score (nSPS) is 18.3. The van der Waals surface area contributed by atoms with E-state index in [1.54, 1.807) is 13.2 Å². The van der Waals surface area contributed by atoms with Gasteiger partial charge in [-0.2, -0.15) is 0 Å². The van der Waals surface area contributed by atoms with Crippen LogP contribution in [0.2, 0.25) is 5.02 Å². The van der Waals surface area contributed by atoms with E-state index in [0.29, 0.717) is 29.7 Å². The van der Waals surface area contributed by atoms with Crippen molar-refractivity contribution in [2.45, 2.75) is 44.1 Å². The van der Waals surface area contributed by atoms with Crippen molar-refractivity contribution in [3.8, 4) is 5.75 Å². The molecule has 184 valence electrons. The van der Waals surface area contributed by atoms with E-state index in [4.69, 9.17) is 21.1 Å². The van der Waals surface area contributed by atoms with Crippen LogP contribution < -0.4 is 10.1 Å². The zero-order chi connectivity index (χ0) is 24.7. The molecule has 2 fully saturated rings. The largest absolute Gasteiger partial charge is 0.495 e. The fourth-order valence-corrected chi connectivity index (χ4v) is 5.96. The average molecular weight is 497 g/mol. The standard InChI is InChI=1S/C27H29ClN2O5/c1-15-21-19(11-12-20(34-2)23(21)28)29-24(15)25(31)30-27(13-35-14-27)18-9-7-17(8-10-18)22(26(32)33)16-5-3-4-6-16/h7-12,16,22,29H,3-6,13-14H2,1-2H3,(H,30,31)(H,32,33)/t22-/m0/s1.